The molecule has 0 saturated carbocycles. The molecule has 30 heavy (non-hydrogen) atoms. The van der Waals surface area contributed by atoms with Crippen molar-refractivity contribution >= 4 is 44.2 Å². The second-order valence-electron chi connectivity index (χ2n) is 7.69. The fourth-order valence-corrected chi connectivity index (χ4v) is 4.40. The third-order valence-corrected chi connectivity index (χ3v) is 6.38. The van der Waals surface area contributed by atoms with Crippen LogP contribution in [0.3, 0.4) is 0 Å². The van der Waals surface area contributed by atoms with Crippen LogP contribution in [-0.4, -0.2) is 36.3 Å². The Kier molecular flexibility index (Phi) is 6.18. The molecule has 1 aliphatic rings. The number of hydrogen-bond acceptors (Lipinski definition) is 2. The van der Waals surface area contributed by atoms with E-state index in [0.29, 0.717) is 38.0 Å². The number of carbonyl (C=O) groups is 2. The van der Waals surface area contributed by atoms with E-state index in [1.54, 1.807) is 0 Å². The van der Waals surface area contributed by atoms with Crippen LogP contribution in [0.25, 0.3) is 10.8 Å². The van der Waals surface area contributed by atoms with E-state index < -0.39 is 0 Å². The SMILES string of the molecule is CCN(C(=O)C1CCN(C(=O)c2ccc(Br)cc2)CC1)c1ccc2ccccc2c1. The molecule has 0 spiro atoms. The number of amides is 2. The van der Waals surface area contributed by atoms with Crippen molar-refractivity contribution in [1.82, 2.24) is 4.90 Å². The Bertz CT molecular complexity index is 1060. The number of halogens is 1. The third-order valence-electron chi connectivity index (χ3n) is 5.85. The first kappa shape index (κ1) is 20.6. The van der Waals surface area contributed by atoms with Crippen LogP contribution in [-0.2, 0) is 4.79 Å². The molecule has 5 heteroatoms. The van der Waals surface area contributed by atoms with E-state index in [0.717, 1.165) is 15.5 Å². The fraction of sp³-hybridized carbons (Fsp3) is 0.280. The van der Waals surface area contributed by atoms with E-state index in [4.69, 9.17) is 0 Å². The molecule has 4 rings (SSSR count). The molecule has 154 valence electrons. The van der Waals surface area contributed by atoms with Gasteiger partial charge in [0.05, 0.1) is 0 Å². The molecule has 4 nitrogen and oxygen atoms in total. The second-order valence-corrected chi connectivity index (χ2v) is 8.60. The lowest BCUT2D eigenvalue weighted by Crippen LogP contribution is -2.44. The summed E-state index contributed by atoms with van der Waals surface area (Å²) in [5.41, 5.74) is 1.63. The van der Waals surface area contributed by atoms with Crippen molar-refractivity contribution in [3.63, 3.8) is 0 Å². The van der Waals surface area contributed by atoms with E-state index in [-0.39, 0.29) is 17.7 Å². The van der Waals surface area contributed by atoms with Crippen molar-refractivity contribution in [2.24, 2.45) is 5.92 Å². The zero-order valence-corrected chi connectivity index (χ0v) is 18.6. The zero-order valence-electron chi connectivity index (χ0n) is 17.1. The van der Waals surface area contributed by atoms with Crippen molar-refractivity contribution in [2.75, 3.05) is 24.5 Å². The number of hydrogen-bond donors (Lipinski definition) is 0. The van der Waals surface area contributed by atoms with Crippen LogP contribution < -0.4 is 4.90 Å². The molecule has 1 heterocycles. The number of rotatable bonds is 4. The minimum atomic E-state index is -0.0506. The summed E-state index contributed by atoms with van der Waals surface area (Å²) >= 11 is 3.40. The maximum Gasteiger partial charge on any atom is 0.253 e. The Morgan fingerprint density at radius 2 is 1.63 bits per heavy atom. The average Bonchev–Trinajstić information content (AvgIpc) is 2.79. The molecule has 3 aromatic rings. The first-order valence-electron chi connectivity index (χ1n) is 10.4. The molecule has 1 aliphatic heterocycles. The highest BCUT2D eigenvalue weighted by Gasteiger charge is 2.30. The van der Waals surface area contributed by atoms with Gasteiger partial charge in [-0.1, -0.05) is 46.3 Å². The van der Waals surface area contributed by atoms with Crippen LogP contribution in [0.15, 0.2) is 71.2 Å². The van der Waals surface area contributed by atoms with Gasteiger partial charge in [-0.05, 0) is 66.9 Å². The lowest BCUT2D eigenvalue weighted by Gasteiger charge is -2.34. The Labute approximate surface area is 185 Å². The second kappa shape index (κ2) is 9.00. The van der Waals surface area contributed by atoms with E-state index in [1.165, 1.54) is 5.39 Å². The van der Waals surface area contributed by atoms with Gasteiger partial charge < -0.3 is 9.80 Å². The minimum absolute atomic E-state index is 0.0373. The minimum Gasteiger partial charge on any atom is -0.339 e. The van der Waals surface area contributed by atoms with Crippen molar-refractivity contribution in [3.8, 4) is 0 Å². The van der Waals surface area contributed by atoms with Gasteiger partial charge in [0.1, 0.15) is 0 Å². The van der Waals surface area contributed by atoms with E-state index in [9.17, 15) is 9.59 Å². The quantitative estimate of drug-likeness (QED) is 0.510. The van der Waals surface area contributed by atoms with Gasteiger partial charge in [-0.2, -0.15) is 0 Å². The van der Waals surface area contributed by atoms with Crippen molar-refractivity contribution in [3.05, 3.63) is 76.8 Å². The van der Waals surface area contributed by atoms with Crippen LogP contribution >= 0.6 is 15.9 Å². The lowest BCUT2D eigenvalue weighted by molar-refractivity contribution is -0.123. The molecule has 2 amide bonds. The van der Waals surface area contributed by atoms with Crippen LogP contribution in [0, 0.1) is 5.92 Å². The highest BCUT2D eigenvalue weighted by atomic mass is 79.9. The largest absolute Gasteiger partial charge is 0.339 e. The summed E-state index contributed by atoms with van der Waals surface area (Å²) in [5, 5.41) is 2.31. The van der Waals surface area contributed by atoms with Gasteiger partial charge >= 0.3 is 0 Å². The van der Waals surface area contributed by atoms with Gasteiger partial charge in [-0.15, -0.1) is 0 Å². The van der Waals surface area contributed by atoms with Gasteiger partial charge in [0.25, 0.3) is 5.91 Å². The van der Waals surface area contributed by atoms with Crippen molar-refractivity contribution in [1.29, 1.82) is 0 Å². The highest BCUT2D eigenvalue weighted by Crippen LogP contribution is 2.27. The van der Waals surface area contributed by atoms with Gasteiger partial charge in [-0.25, -0.2) is 0 Å². The molecule has 3 aromatic carbocycles. The van der Waals surface area contributed by atoms with Gasteiger partial charge in [0, 0.05) is 41.3 Å². The van der Waals surface area contributed by atoms with Crippen molar-refractivity contribution in [2.45, 2.75) is 19.8 Å². The average molecular weight is 465 g/mol. The first-order chi connectivity index (χ1) is 14.6. The molecular weight excluding hydrogens is 440 g/mol. The topological polar surface area (TPSA) is 40.6 Å². The number of nitrogens with zero attached hydrogens (tertiary/aromatic N) is 2. The number of fused-ring (bicyclic) bond motifs is 1. The number of anilines is 1. The Balaban J connectivity index is 1.43. The summed E-state index contributed by atoms with van der Waals surface area (Å²) < 4.78 is 0.955. The summed E-state index contributed by atoms with van der Waals surface area (Å²) in [7, 11) is 0. The summed E-state index contributed by atoms with van der Waals surface area (Å²) in [4.78, 5) is 29.7. The maximum absolute atomic E-state index is 13.3. The van der Waals surface area contributed by atoms with Crippen LogP contribution in [0.2, 0.25) is 0 Å². The van der Waals surface area contributed by atoms with Crippen molar-refractivity contribution < 1.29 is 9.59 Å². The number of likely N-dealkylation sites (tertiary alicyclic amines) is 1. The number of benzene rings is 3. The maximum atomic E-state index is 13.3. The molecule has 0 aromatic heterocycles. The predicted molar refractivity (Wildman–Crippen MR) is 125 cm³/mol. The Morgan fingerprint density at radius 3 is 2.30 bits per heavy atom. The summed E-state index contributed by atoms with van der Waals surface area (Å²) in [6.45, 7) is 3.87. The summed E-state index contributed by atoms with van der Waals surface area (Å²) in [6.07, 6.45) is 1.40. The van der Waals surface area contributed by atoms with E-state index >= 15 is 0 Å². The monoisotopic (exact) mass is 464 g/mol. The first-order valence-corrected chi connectivity index (χ1v) is 11.2. The van der Waals surface area contributed by atoms with E-state index in [1.807, 2.05) is 59.2 Å². The lowest BCUT2D eigenvalue weighted by atomic mass is 9.94. The van der Waals surface area contributed by atoms with Crippen LogP contribution in [0.1, 0.15) is 30.1 Å². The molecule has 1 fully saturated rings. The molecular formula is C25H25BrN2O2. The number of carbonyl (C=O) groups excluding carboxylic acids is 2. The highest BCUT2D eigenvalue weighted by molar-refractivity contribution is 9.10. The Morgan fingerprint density at radius 1 is 0.967 bits per heavy atom. The Hall–Kier alpha value is -2.66. The van der Waals surface area contributed by atoms with Crippen LogP contribution in [0.5, 0.6) is 0 Å². The molecule has 0 N–H and O–H groups in total. The molecule has 0 atom stereocenters. The van der Waals surface area contributed by atoms with Crippen LogP contribution in [0.4, 0.5) is 5.69 Å². The molecule has 0 bridgehead atoms. The fourth-order valence-electron chi connectivity index (χ4n) is 4.14. The molecule has 1 saturated heterocycles. The smallest absolute Gasteiger partial charge is 0.253 e. The summed E-state index contributed by atoms with van der Waals surface area (Å²) in [6, 6.07) is 21.8. The normalized spacial score (nSPS) is 14.7. The molecule has 0 aliphatic carbocycles. The predicted octanol–water partition coefficient (Wildman–Crippen LogP) is 5.51. The number of piperidine rings is 1. The standard InChI is InChI=1S/C25H25BrN2O2/c1-2-28(23-12-9-18-5-3-4-6-21(18)17-23)25(30)20-13-15-27(16-14-20)24(29)19-7-10-22(26)11-8-19/h3-12,17,20H,2,13-16H2,1H3. The van der Waals surface area contributed by atoms with Gasteiger partial charge in [0.2, 0.25) is 5.91 Å². The zero-order chi connectivity index (χ0) is 21.1. The van der Waals surface area contributed by atoms with E-state index in [2.05, 4.69) is 40.2 Å². The molecule has 0 unspecified atom stereocenters. The third kappa shape index (κ3) is 4.26. The van der Waals surface area contributed by atoms with Gasteiger partial charge in [0.15, 0.2) is 0 Å². The van der Waals surface area contributed by atoms with Gasteiger partial charge in [-0.3, -0.25) is 9.59 Å². The molecule has 0 radical (unpaired) electrons. The summed E-state index contributed by atoms with van der Waals surface area (Å²) in [5.74, 6) is 0.143.